The molecule has 0 aliphatic carbocycles. The molecule has 2 amide bonds. The number of halogens is 3. The lowest BCUT2D eigenvalue weighted by Crippen LogP contribution is -2.41. The molecule has 1 atom stereocenters. The molecule has 6 N–H and O–H groups in total. The number of aromatic nitrogens is 4. The molecule has 1 saturated heterocycles. The molecule has 0 radical (unpaired) electrons. The van der Waals surface area contributed by atoms with Crippen molar-refractivity contribution < 1.29 is 33.6 Å². The molecular formula is C29H40Cl3N9O6S2. The van der Waals surface area contributed by atoms with Crippen LogP contribution in [0.3, 0.4) is 0 Å². The SMILES string of the molecule is C[C@@H]1CN(c2nc(Cl)ccc2C(=O)NS(=O)(=O)c2cccnc2N)C(C)(C)C1.Nc1ncccc1S(=O)(=O)NC(=O)c1ccc(Cl)nc1Cl.[HH].[HH].[HH].[HH].[HH]. The van der Waals surface area contributed by atoms with Crippen LogP contribution in [-0.2, 0) is 20.0 Å². The van der Waals surface area contributed by atoms with Crippen molar-refractivity contribution >= 4 is 84.1 Å². The number of nitrogens with zero attached hydrogens (tertiary/aromatic N) is 5. The van der Waals surface area contributed by atoms with E-state index in [1.807, 2.05) is 23.5 Å². The summed E-state index contributed by atoms with van der Waals surface area (Å²) in [5.74, 6) is -1.42. The van der Waals surface area contributed by atoms with E-state index in [1.165, 1.54) is 60.9 Å². The largest absolute Gasteiger partial charge is 0.383 e. The van der Waals surface area contributed by atoms with E-state index in [1.54, 1.807) is 0 Å². The highest BCUT2D eigenvalue weighted by Gasteiger charge is 2.39. The Labute approximate surface area is 304 Å². The van der Waals surface area contributed by atoms with E-state index in [4.69, 9.17) is 46.3 Å². The number of nitrogens with one attached hydrogen (secondary N) is 2. The molecule has 1 aliphatic rings. The van der Waals surface area contributed by atoms with Crippen LogP contribution in [0.4, 0.5) is 17.5 Å². The Morgan fingerprint density at radius 3 is 1.73 bits per heavy atom. The summed E-state index contributed by atoms with van der Waals surface area (Å²) < 4.78 is 53.2. The number of nitrogen functional groups attached to an aromatic ring is 2. The number of anilines is 3. The highest BCUT2D eigenvalue weighted by molar-refractivity contribution is 7.90. The molecule has 5 heterocycles. The lowest BCUT2D eigenvalue weighted by atomic mass is 9.97. The summed E-state index contributed by atoms with van der Waals surface area (Å²) in [5.41, 5.74) is 10.9. The van der Waals surface area contributed by atoms with Gasteiger partial charge in [0.2, 0.25) is 0 Å². The van der Waals surface area contributed by atoms with E-state index >= 15 is 0 Å². The number of pyridine rings is 4. The molecule has 15 nitrogen and oxygen atoms in total. The molecule has 0 aromatic carbocycles. The van der Waals surface area contributed by atoms with Crippen molar-refractivity contribution in [2.24, 2.45) is 5.92 Å². The van der Waals surface area contributed by atoms with Gasteiger partial charge in [0.05, 0.1) is 11.1 Å². The van der Waals surface area contributed by atoms with Crippen molar-refractivity contribution in [2.45, 2.75) is 42.5 Å². The molecule has 0 unspecified atom stereocenters. The van der Waals surface area contributed by atoms with Crippen LogP contribution in [0.25, 0.3) is 0 Å². The average Bonchev–Trinajstić information content (AvgIpc) is 3.28. The monoisotopic (exact) mass is 779 g/mol. The fourth-order valence-electron chi connectivity index (χ4n) is 5.07. The van der Waals surface area contributed by atoms with Crippen LogP contribution < -0.4 is 25.8 Å². The molecule has 49 heavy (non-hydrogen) atoms. The summed E-state index contributed by atoms with van der Waals surface area (Å²) in [6.07, 6.45) is 3.61. The van der Waals surface area contributed by atoms with Gasteiger partial charge in [0.15, 0.2) is 0 Å². The van der Waals surface area contributed by atoms with Gasteiger partial charge < -0.3 is 16.4 Å². The van der Waals surface area contributed by atoms with Crippen LogP contribution in [0.5, 0.6) is 0 Å². The number of hydrogen-bond donors (Lipinski definition) is 4. The first-order valence-electron chi connectivity index (χ1n) is 14.1. The summed E-state index contributed by atoms with van der Waals surface area (Å²) in [4.78, 5) is 41.6. The first kappa shape index (κ1) is 37.5. The smallest absolute Gasteiger partial charge is 0.268 e. The van der Waals surface area contributed by atoms with Crippen LogP contribution in [0, 0.1) is 5.92 Å². The molecule has 0 spiro atoms. The number of carbonyl (C=O) groups excluding carboxylic acids is 2. The van der Waals surface area contributed by atoms with Crippen molar-refractivity contribution in [3.63, 3.8) is 0 Å². The number of sulfonamides is 2. The van der Waals surface area contributed by atoms with Gasteiger partial charge in [0.25, 0.3) is 31.9 Å². The Kier molecular flexibility index (Phi) is 11.2. The van der Waals surface area contributed by atoms with Crippen LogP contribution >= 0.6 is 34.8 Å². The lowest BCUT2D eigenvalue weighted by Gasteiger charge is -2.33. The third-order valence-corrected chi connectivity index (χ3v) is 10.6. The zero-order valence-electron chi connectivity index (χ0n) is 26.1. The first-order valence-corrected chi connectivity index (χ1v) is 18.2. The Hall–Kier alpha value is -4.29. The molecule has 20 heteroatoms. The Morgan fingerprint density at radius 1 is 0.816 bits per heavy atom. The summed E-state index contributed by atoms with van der Waals surface area (Å²) in [6, 6.07) is 10.8. The van der Waals surface area contributed by atoms with E-state index in [-0.39, 0.29) is 60.7 Å². The highest BCUT2D eigenvalue weighted by Crippen LogP contribution is 2.38. The molecule has 4 aromatic rings. The predicted octanol–water partition coefficient (Wildman–Crippen LogP) is 5.17. The van der Waals surface area contributed by atoms with E-state index < -0.39 is 31.9 Å². The zero-order chi connectivity index (χ0) is 36.3. The maximum atomic E-state index is 12.9. The minimum absolute atomic E-state index is 0. The van der Waals surface area contributed by atoms with Crippen LogP contribution in [0.15, 0.2) is 70.7 Å². The van der Waals surface area contributed by atoms with Gasteiger partial charge in [-0.2, -0.15) is 0 Å². The quantitative estimate of drug-likeness (QED) is 0.178. The molecule has 1 fully saturated rings. The zero-order valence-corrected chi connectivity index (χ0v) is 30.0. The van der Waals surface area contributed by atoms with E-state index in [9.17, 15) is 26.4 Å². The molecular weight excluding hydrogens is 741 g/mol. The minimum Gasteiger partial charge on any atom is -0.383 e. The van der Waals surface area contributed by atoms with Gasteiger partial charge in [0.1, 0.15) is 42.7 Å². The minimum atomic E-state index is -4.19. The molecule has 270 valence electrons. The summed E-state index contributed by atoms with van der Waals surface area (Å²) in [7, 11) is -8.37. The van der Waals surface area contributed by atoms with Crippen LogP contribution in [0.2, 0.25) is 15.5 Å². The average molecular weight is 781 g/mol. The van der Waals surface area contributed by atoms with Crippen molar-refractivity contribution in [3.05, 3.63) is 87.5 Å². The summed E-state index contributed by atoms with van der Waals surface area (Å²) >= 11 is 17.4. The lowest BCUT2D eigenvalue weighted by molar-refractivity contribution is 0.0972. The van der Waals surface area contributed by atoms with Crippen molar-refractivity contribution in [1.29, 1.82) is 0 Å². The number of nitrogens with two attached hydrogens (primary N) is 2. The second-order valence-corrected chi connectivity index (χ2v) is 15.8. The number of carbonyl (C=O) groups is 2. The third kappa shape index (κ3) is 8.85. The summed E-state index contributed by atoms with van der Waals surface area (Å²) in [5, 5.41) is 0.0894. The van der Waals surface area contributed by atoms with E-state index in [0.29, 0.717) is 18.3 Å². The van der Waals surface area contributed by atoms with Crippen molar-refractivity contribution in [1.82, 2.24) is 29.4 Å². The van der Waals surface area contributed by atoms with Crippen LogP contribution in [-0.4, -0.2) is 60.7 Å². The molecule has 0 bridgehead atoms. The maximum Gasteiger partial charge on any atom is 0.268 e. The highest BCUT2D eigenvalue weighted by atomic mass is 35.5. The van der Waals surface area contributed by atoms with Gasteiger partial charge in [-0.1, -0.05) is 41.7 Å². The molecule has 1 aliphatic heterocycles. The van der Waals surface area contributed by atoms with Gasteiger partial charge in [0, 0.05) is 31.6 Å². The van der Waals surface area contributed by atoms with Gasteiger partial charge in [-0.05, 0) is 74.7 Å². The first-order chi connectivity index (χ1) is 22.8. The Bertz CT molecular complexity index is 2160. The maximum absolute atomic E-state index is 12.9. The number of hydrogen-bond acceptors (Lipinski definition) is 13. The topological polar surface area (TPSA) is 233 Å². The van der Waals surface area contributed by atoms with Gasteiger partial charge in [-0.25, -0.2) is 46.2 Å². The standard InChI is InChI=1S/C18H22ClN5O3S.C11H8Cl2N4O3S.5H2/c1-11-9-18(2,3)24(10-11)16-12(6-7-14(19)22-16)17(25)23-28(26,27)13-5-4-8-21-15(13)20;12-8-4-3-6(9(13)16-8)11(18)17-21(19,20)7-2-1-5-15-10(7)14;;;;;/h4-8,11H,9-10H2,1-3H3,(H2,20,21)(H,23,25);1-5H,(H2,14,15)(H,17,18);5*1H/t11-;;;;;;/m0....../s1. The number of rotatable bonds is 7. The second-order valence-electron chi connectivity index (χ2n) is 11.4. The molecule has 0 saturated carbocycles. The fourth-order valence-corrected chi connectivity index (χ4v) is 7.75. The van der Waals surface area contributed by atoms with Gasteiger partial charge in [-0.3, -0.25) is 9.59 Å². The Morgan fingerprint density at radius 2 is 1.29 bits per heavy atom. The summed E-state index contributed by atoms with van der Waals surface area (Å²) in [6.45, 7) is 6.90. The molecule has 4 aromatic heterocycles. The number of amides is 2. The second kappa shape index (κ2) is 14.7. The van der Waals surface area contributed by atoms with Gasteiger partial charge >= 0.3 is 0 Å². The fraction of sp³-hybridized carbons (Fsp3) is 0.241. The van der Waals surface area contributed by atoms with Gasteiger partial charge in [-0.15, -0.1) is 0 Å². The van der Waals surface area contributed by atoms with E-state index in [2.05, 4.69) is 31.6 Å². The van der Waals surface area contributed by atoms with Crippen molar-refractivity contribution in [3.8, 4) is 0 Å². The third-order valence-electron chi connectivity index (χ3n) is 7.11. The van der Waals surface area contributed by atoms with Crippen molar-refractivity contribution in [2.75, 3.05) is 22.9 Å². The van der Waals surface area contributed by atoms with E-state index in [0.717, 1.165) is 6.42 Å². The molecule has 5 rings (SSSR count). The Balaban J connectivity index is 0. The predicted molar refractivity (Wildman–Crippen MR) is 196 cm³/mol. The normalized spacial score (nSPS) is 15.6. The van der Waals surface area contributed by atoms with Crippen LogP contribution in [0.1, 0.15) is 55.0 Å².